The third-order valence-corrected chi connectivity index (χ3v) is 5.05. The van der Waals surface area contributed by atoms with Crippen LogP contribution in [0.4, 0.5) is 5.13 Å². The van der Waals surface area contributed by atoms with Crippen LogP contribution >= 0.6 is 11.3 Å². The van der Waals surface area contributed by atoms with Gasteiger partial charge in [0, 0.05) is 6.92 Å². The summed E-state index contributed by atoms with van der Waals surface area (Å²) in [6.07, 6.45) is 3.97. The number of carbonyl (C=O) groups is 3. The minimum absolute atomic E-state index is 0.138. The van der Waals surface area contributed by atoms with E-state index in [9.17, 15) is 14.4 Å². The molecule has 1 heterocycles. The van der Waals surface area contributed by atoms with Crippen LogP contribution in [0.5, 0.6) is 0 Å². The number of hydrogen-bond acceptors (Lipinski definition) is 6. The van der Waals surface area contributed by atoms with Crippen molar-refractivity contribution in [2.45, 2.75) is 52.5 Å². The van der Waals surface area contributed by atoms with Crippen molar-refractivity contribution in [1.29, 1.82) is 0 Å². The van der Waals surface area contributed by atoms with E-state index < -0.39 is 12.0 Å². The number of aryl methyl sites for hydroxylation is 1. The molecule has 0 spiro atoms. The van der Waals surface area contributed by atoms with Gasteiger partial charge in [-0.1, -0.05) is 24.2 Å². The van der Waals surface area contributed by atoms with Crippen LogP contribution in [0.3, 0.4) is 0 Å². The van der Waals surface area contributed by atoms with Crippen LogP contribution in [0.15, 0.2) is 0 Å². The Bertz CT molecular complexity index is 623. The van der Waals surface area contributed by atoms with Gasteiger partial charge in [0.25, 0.3) is 0 Å². The lowest BCUT2D eigenvalue weighted by Gasteiger charge is -2.22. The third kappa shape index (κ3) is 4.53. The first-order valence-electron chi connectivity index (χ1n) is 8.14. The molecule has 2 rings (SSSR count). The fourth-order valence-corrected chi connectivity index (χ4v) is 3.79. The first-order chi connectivity index (χ1) is 11.4. The Balaban J connectivity index is 2.10. The summed E-state index contributed by atoms with van der Waals surface area (Å²) in [6, 6.07) is -0.569. The number of amides is 2. The second-order valence-corrected chi connectivity index (χ2v) is 6.87. The topological polar surface area (TPSA) is 97.4 Å². The monoisotopic (exact) mass is 353 g/mol. The van der Waals surface area contributed by atoms with Gasteiger partial charge in [0.1, 0.15) is 10.9 Å². The molecule has 0 aromatic carbocycles. The molecule has 1 aromatic rings. The number of hydrogen-bond donors (Lipinski definition) is 2. The van der Waals surface area contributed by atoms with Crippen LogP contribution in [0.1, 0.15) is 54.9 Å². The van der Waals surface area contributed by atoms with Gasteiger partial charge >= 0.3 is 5.97 Å². The number of esters is 1. The molecule has 1 atom stereocenters. The van der Waals surface area contributed by atoms with Crippen LogP contribution in [-0.4, -0.2) is 35.4 Å². The minimum atomic E-state index is -0.569. The molecule has 2 N–H and O–H groups in total. The van der Waals surface area contributed by atoms with E-state index in [1.807, 2.05) is 0 Å². The maximum Gasteiger partial charge on any atom is 0.350 e. The van der Waals surface area contributed by atoms with Crippen molar-refractivity contribution in [3.8, 4) is 0 Å². The number of carbonyl (C=O) groups excluding carboxylic acids is 3. The quantitative estimate of drug-likeness (QED) is 0.765. The molecule has 1 saturated carbocycles. The van der Waals surface area contributed by atoms with Gasteiger partial charge in [0.15, 0.2) is 5.13 Å². The zero-order valence-electron chi connectivity index (χ0n) is 14.2. The summed E-state index contributed by atoms with van der Waals surface area (Å²) < 4.78 is 4.97. The van der Waals surface area contributed by atoms with E-state index in [4.69, 9.17) is 4.74 Å². The highest BCUT2D eigenvalue weighted by Gasteiger charge is 2.32. The molecule has 7 nitrogen and oxygen atoms in total. The molecule has 132 valence electrons. The molecule has 1 aliphatic carbocycles. The number of aromatic nitrogens is 1. The van der Waals surface area contributed by atoms with Gasteiger partial charge < -0.3 is 15.4 Å². The molecular weight excluding hydrogens is 330 g/mol. The average molecular weight is 353 g/mol. The summed E-state index contributed by atoms with van der Waals surface area (Å²) in [6.45, 7) is 5.11. The Hall–Kier alpha value is -1.96. The Morgan fingerprint density at radius 2 is 2.00 bits per heavy atom. The predicted octanol–water partition coefficient (Wildman–Crippen LogP) is 2.26. The van der Waals surface area contributed by atoms with Crippen molar-refractivity contribution < 1.29 is 19.1 Å². The summed E-state index contributed by atoms with van der Waals surface area (Å²) in [4.78, 5) is 40.4. The second-order valence-electron chi connectivity index (χ2n) is 5.87. The fourth-order valence-electron chi connectivity index (χ4n) is 2.93. The molecule has 0 aliphatic heterocycles. The average Bonchev–Trinajstić information content (AvgIpc) is 3.14. The molecule has 24 heavy (non-hydrogen) atoms. The standard InChI is InChI=1S/C16H23N3O4S/c1-4-23-15(22)13-9(2)17-16(24-13)19-14(21)12(18-10(3)20)11-7-5-6-8-11/h11-12H,4-8H2,1-3H3,(H,18,20)(H,17,19,21)/t12-/m1/s1. The summed E-state index contributed by atoms with van der Waals surface area (Å²) in [5.74, 6) is -0.826. The Morgan fingerprint density at radius 3 is 2.58 bits per heavy atom. The van der Waals surface area contributed by atoms with E-state index in [2.05, 4.69) is 15.6 Å². The van der Waals surface area contributed by atoms with Crippen LogP contribution < -0.4 is 10.6 Å². The molecule has 1 fully saturated rings. The summed E-state index contributed by atoms with van der Waals surface area (Å²) in [7, 11) is 0. The molecule has 2 amide bonds. The van der Waals surface area contributed by atoms with E-state index in [1.165, 1.54) is 6.92 Å². The summed E-state index contributed by atoms with van der Waals surface area (Å²) >= 11 is 1.08. The smallest absolute Gasteiger partial charge is 0.350 e. The van der Waals surface area contributed by atoms with Crippen LogP contribution in [0.25, 0.3) is 0 Å². The zero-order chi connectivity index (χ0) is 17.7. The van der Waals surface area contributed by atoms with Crippen molar-refractivity contribution >= 4 is 34.3 Å². The van der Waals surface area contributed by atoms with Crippen molar-refractivity contribution in [2.75, 3.05) is 11.9 Å². The van der Waals surface area contributed by atoms with E-state index in [1.54, 1.807) is 13.8 Å². The van der Waals surface area contributed by atoms with Crippen LogP contribution in [-0.2, 0) is 14.3 Å². The number of rotatable bonds is 6. The highest BCUT2D eigenvalue weighted by Crippen LogP contribution is 2.29. The normalized spacial score (nSPS) is 15.8. The maximum atomic E-state index is 12.6. The van der Waals surface area contributed by atoms with Crippen LogP contribution in [0.2, 0.25) is 0 Å². The molecule has 0 bridgehead atoms. The van der Waals surface area contributed by atoms with Crippen molar-refractivity contribution in [3.05, 3.63) is 10.6 Å². The summed E-state index contributed by atoms with van der Waals surface area (Å²) in [5, 5.41) is 5.81. The van der Waals surface area contributed by atoms with Crippen molar-refractivity contribution in [1.82, 2.24) is 10.3 Å². The lowest BCUT2D eigenvalue weighted by Crippen LogP contribution is -2.47. The van der Waals surface area contributed by atoms with E-state index in [0.717, 1.165) is 37.0 Å². The van der Waals surface area contributed by atoms with Gasteiger partial charge in [-0.3, -0.25) is 9.59 Å². The lowest BCUT2D eigenvalue weighted by molar-refractivity contribution is -0.126. The van der Waals surface area contributed by atoms with E-state index in [0.29, 0.717) is 15.7 Å². The van der Waals surface area contributed by atoms with Crippen molar-refractivity contribution in [2.24, 2.45) is 5.92 Å². The lowest BCUT2D eigenvalue weighted by atomic mass is 9.97. The SMILES string of the molecule is CCOC(=O)c1sc(NC(=O)[C@H](NC(C)=O)C2CCCC2)nc1C. The molecule has 8 heteroatoms. The fraction of sp³-hybridized carbons (Fsp3) is 0.625. The maximum absolute atomic E-state index is 12.6. The van der Waals surface area contributed by atoms with Crippen molar-refractivity contribution in [3.63, 3.8) is 0 Å². The molecule has 0 radical (unpaired) electrons. The van der Waals surface area contributed by atoms with E-state index in [-0.39, 0.29) is 24.3 Å². The van der Waals surface area contributed by atoms with Gasteiger partial charge in [0.2, 0.25) is 11.8 Å². The highest BCUT2D eigenvalue weighted by atomic mass is 32.1. The summed E-state index contributed by atoms with van der Waals surface area (Å²) in [5.41, 5.74) is 0.519. The first-order valence-corrected chi connectivity index (χ1v) is 8.96. The zero-order valence-corrected chi connectivity index (χ0v) is 15.0. The number of ether oxygens (including phenoxy) is 1. The third-order valence-electron chi connectivity index (χ3n) is 4.00. The minimum Gasteiger partial charge on any atom is -0.462 e. The molecule has 0 saturated heterocycles. The Morgan fingerprint density at radius 1 is 1.33 bits per heavy atom. The molecule has 1 aromatic heterocycles. The van der Waals surface area contributed by atoms with Gasteiger partial charge in [0.05, 0.1) is 12.3 Å². The Labute approximate surface area is 145 Å². The van der Waals surface area contributed by atoms with E-state index >= 15 is 0 Å². The first kappa shape index (κ1) is 18.4. The predicted molar refractivity (Wildman–Crippen MR) is 91.0 cm³/mol. The van der Waals surface area contributed by atoms with Gasteiger partial charge in [-0.05, 0) is 32.6 Å². The molecule has 0 unspecified atom stereocenters. The van der Waals surface area contributed by atoms with Gasteiger partial charge in [-0.2, -0.15) is 0 Å². The number of anilines is 1. The number of nitrogens with one attached hydrogen (secondary N) is 2. The number of nitrogens with zero attached hydrogens (tertiary/aromatic N) is 1. The highest BCUT2D eigenvalue weighted by molar-refractivity contribution is 7.17. The largest absolute Gasteiger partial charge is 0.462 e. The number of thiazole rings is 1. The Kier molecular flexibility index (Phi) is 6.30. The van der Waals surface area contributed by atoms with Crippen LogP contribution in [0, 0.1) is 12.8 Å². The second kappa shape index (κ2) is 8.23. The molecule has 1 aliphatic rings. The van der Waals surface area contributed by atoms with Gasteiger partial charge in [-0.25, -0.2) is 9.78 Å². The molecular formula is C16H23N3O4S. The van der Waals surface area contributed by atoms with Gasteiger partial charge in [-0.15, -0.1) is 0 Å².